The quantitative estimate of drug-likeness (QED) is 0.685. The molecule has 0 bridgehead atoms. The smallest absolute Gasteiger partial charge is 0.155 e. The molecule has 0 aromatic carbocycles. The van der Waals surface area contributed by atoms with Crippen LogP contribution in [0.5, 0.6) is 0 Å². The highest BCUT2D eigenvalue weighted by Gasteiger charge is 2.53. The number of epoxide rings is 1. The van der Waals surface area contributed by atoms with Crippen LogP contribution < -0.4 is 0 Å². The van der Waals surface area contributed by atoms with Crippen LogP contribution in [0.1, 0.15) is 58.8 Å². The number of carbonyl (C=O) groups is 1. The van der Waals surface area contributed by atoms with Gasteiger partial charge in [-0.05, 0) is 57.4 Å². The van der Waals surface area contributed by atoms with E-state index in [1.54, 1.807) is 0 Å². The molecule has 1 saturated carbocycles. The molecule has 3 rings (SSSR count). The maximum absolute atomic E-state index is 11.6. The summed E-state index contributed by atoms with van der Waals surface area (Å²) in [6.07, 6.45) is 10.3. The molecule has 0 aromatic rings. The summed E-state index contributed by atoms with van der Waals surface area (Å²) in [4.78, 5) is 11.6. The van der Waals surface area contributed by atoms with Crippen molar-refractivity contribution in [3.8, 4) is 0 Å². The minimum Gasteiger partial charge on any atom is -0.367 e. The first kappa shape index (κ1) is 11.5. The van der Waals surface area contributed by atoms with Crippen molar-refractivity contribution in [1.82, 2.24) is 0 Å². The van der Waals surface area contributed by atoms with Crippen LogP contribution in [0.15, 0.2) is 11.6 Å². The zero-order valence-electron chi connectivity index (χ0n) is 10.9. The van der Waals surface area contributed by atoms with Crippen molar-refractivity contribution >= 4 is 5.78 Å². The Kier molecular flexibility index (Phi) is 2.48. The second-order valence-electron chi connectivity index (χ2n) is 6.54. The summed E-state index contributed by atoms with van der Waals surface area (Å²) in [5.41, 5.74) is 1.83. The topological polar surface area (TPSA) is 29.6 Å². The summed E-state index contributed by atoms with van der Waals surface area (Å²) in [5, 5.41) is 0. The molecule has 0 amide bonds. The van der Waals surface area contributed by atoms with Gasteiger partial charge in [-0.25, -0.2) is 0 Å². The number of fused-ring (bicyclic) bond motifs is 1. The van der Waals surface area contributed by atoms with Crippen molar-refractivity contribution in [2.45, 2.75) is 70.5 Å². The second kappa shape index (κ2) is 3.68. The van der Waals surface area contributed by atoms with Gasteiger partial charge in [0.25, 0.3) is 0 Å². The highest BCUT2D eigenvalue weighted by molar-refractivity contribution is 5.91. The molecular formula is C15H22O2. The molecule has 0 radical (unpaired) electrons. The molecule has 0 N–H and O–H groups in total. The lowest BCUT2D eigenvalue weighted by Gasteiger charge is -2.42. The van der Waals surface area contributed by atoms with E-state index in [0.29, 0.717) is 17.3 Å². The molecule has 17 heavy (non-hydrogen) atoms. The lowest BCUT2D eigenvalue weighted by molar-refractivity contribution is -0.116. The average molecular weight is 234 g/mol. The van der Waals surface area contributed by atoms with Gasteiger partial charge in [-0.3, -0.25) is 4.79 Å². The van der Waals surface area contributed by atoms with Gasteiger partial charge in [0.15, 0.2) is 5.78 Å². The minimum absolute atomic E-state index is 0.0821. The van der Waals surface area contributed by atoms with Gasteiger partial charge in [-0.15, -0.1) is 0 Å². The maximum Gasteiger partial charge on any atom is 0.155 e. The number of hydrogen-bond acceptors (Lipinski definition) is 2. The number of carbonyl (C=O) groups excluding carboxylic acids is 1. The third-order valence-corrected chi connectivity index (χ3v) is 4.96. The molecule has 0 spiro atoms. The first-order valence-corrected chi connectivity index (χ1v) is 6.94. The maximum atomic E-state index is 11.6. The highest BCUT2D eigenvalue weighted by Crippen LogP contribution is 2.54. The molecular weight excluding hydrogens is 212 g/mol. The molecule has 0 aromatic heterocycles. The van der Waals surface area contributed by atoms with E-state index >= 15 is 0 Å². The summed E-state index contributed by atoms with van der Waals surface area (Å²) in [5.74, 6) is 0.341. The van der Waals surface area contributed by atoms with Gasteiger partial charge < -0.3 is 4.74 Å². The van der Waals surface area contributed by atoms with Crippen molar-refractivity contribution in [3.05, 3.63) is 11.6 Å². The van der Waals surface area contributed by atoms with E-state index < -0.39 is 0 Å². The van der Waals surface area contributed by atoms with Crippen LogP contribution in [0.25, 0.3) is 0 Å². The Balaban J connectivity index is 1.82. The van der Waals surface area contributed by atoms with Gasteiger partial charge in [0, 0.05) is 6.42 Å². The number of rotatable bonds is 2. The van der Waals surface area contributed by atoms with Crippen LogP contribution in [0, 0.1) is 5.41 Å². The fourth-order valence-corrected chi connectivity index (χ4v) is 3.65. The van der Waals surface area contributed by atoms with E-state index in [1.807, 2.05) is 6.08 Å². The standard InChI is InChI=1S/C15H22O2/c1-14(2)13(17-14)10-15-7-4-3-5-11(15)9-12(16)6-8-15/h9,13H,3-8,10H2,1-2H3. The van der Waals surface area contributed by atoms with E-state index in [1.165, 1.54) is 24.8 Å². The Bertz CT molecular complexity index is 380. The predicted molar refractivity (Wildman–Crippen MR) is 66.8 cm³/mol. The molecule has 2 atom stereocenters. The Labute approximate surface area is 103 Å². The summed E-state index contributed by atoms with van der Waals surface area (Å²) in [6, 6.07) is 0. The van der Waals surface area contributed by atoms with Crippen molar-refractivity contribution < 1.29 is 9.53 Å². The van der Waals surface area contributed by atoms with Gasteiger partial charge in [0.2, 0.25) is 0 Å². The molecule has 2 aliphatic carbocycles. The van der Waals surface area contributed by atoms with Gasteiger partial charge in [0.05, 0.1) is 11.7 Å². The van der Waals surface area contributed by atoms with Crippen LogP contribution in [0.2, 0.25) is 0 Å². The Morgan fingerprint density at radius 2 is 2.06 bits per heavy atom. The fourth-order valence-electron chi connectivity index (χ4n) is 3.65. The molecule has 2 unspecified atom stereocenters. The van der Waals surface area contributed by atoms with Crippen molar-refractivity contribution in [3.63, 3.8) is 0 Å². The third-order valence-electron chi connectivity index (χ3n) is 4.96. The molecule has 1 aliphatic heterocycles. The van der Waals surface area contributed by atoms with E-state index in [4.69, 9.17) is 4.74 Å². The van der Waals surface area contributed by atoms with Crippen molar-refractivity contribution in [2.75, 3.05) is 0 Å². The number of allylic oxidation sites excluding steroid dienone is 2. The summed E-state index contributed by atoms with van der Waals surface area (Å²) in [7, 11) is 0. The third kappa shape index (κ3) is 1.97. The normalized spacial score (nSPS) is 39.5. The van der Waals surface area contributed by atoms with E-state index in [-0.39, 0.29) is 5.60 Å². The van der Waals surface area contributed by atoms with E-state index in [0.717, 1.165) is 25.7 Å². The van der Waals surface area contributed by atoms with Crippen molar-refractivity contribution in [2.24, 2.45) is 5.41 Å². The zero-order chi connectivity index (χ0) is 12.1. The zero-order valence-corrected chi connectivity index (χ0v) is 10.9. The molecule has 94 valence electrons. The highest BCUT2D eigenvalue weighted by atomic mass is 16.6. The van der Waals surface area contributed by atoms with Gasteiger partial charge in [0.1, 0.15) is 0 Å². The Morgan fingerprint density at radius 3 is 2.76 bits per heavy atom. The van der Waals surface area contributed by atoms with Gasteiger partial charge in [-0.2, -0.15) is 0 Å². The second-order valence-corrected chi connectivity index (χ2v) is 6.54. The first-order valence-electron chi connectivity index (χ1n) is 6.94. The molecule has 3 aliphatic rings. The number of ether oxygens (including phenoxy) is 1. The van der Waals surface area contributed by atoms with Gasteiger partial charge >= 0.3 is 0 Å². The average Bonchev–Trinajstić information content (AvgIpc) is 2.86. The monoisotopic (exact) mass is 234 g/mol. The summed E-state index contributed by atoms with van der Waals surface area (Å²) in [6.45, 7) is 4.35. The molecule has 1 heterocycles. The number of hydrogen-bond donors (Lipinski definition) is 0. The lowest BCUT2D eigenvalue weighted by atomic mass is 9.62. The fraction of sp³-hybridized carbons (Fsp3) is 0.800. The summed E-state index contributed by atoms with van der Waals surface area (Å²) >= 11 is 0. The van der Waals surface area contributed by atoms with Crippen LogP contribution >= 0.6 is 0 Å². The van der Waals surface area contributed by atoms with E-state index in [2.05, 4.69) is 13.8 Å². The van der Waals surface area contributed by atoms with Crippen molar-refractivity contribution in [1.29, 1.82) is 0 Å². The minimum atomic E-state index is 0.0821. The molecule has 2 fully saturated rings. The molecule has 1 saturated heterocycles. The Hall–Kier alpha value is -0.630. The predicted octanol–water partition coefficient (Wildman–Crippen LogP) is 3.40. The largest absolute Gasteiger partial charge is 0.367 e. The van der Waals surface area contributed by atoms with Crippen LogP contribution in [0.4, 0.5) is 0 Å². The lowest BCUT2D eigenvalue weighted by Crippen LogP contribution is -2.33. The number of ketones is 1. The van der Waals surface area contributed by atoms with Crippen LogP contribution in [-0.2, 0) is 9.53 Å². The van der Waals surface area contributed by atoms with Crippen LogP contribution in [0.3, 0.4) is 0 Å². The molecule has 2 nitrogen and oxygen atoms in total. The first-order chi connectivity index (χ1) is 8.02. The summed E-state index contributed by atoms with van der Waals surface area (Å²) < 4.78 is 5.77. The van der Waals surface area contributed by atoms with Gasteiger partial charge in [-0.1, -0.05) is 12.0 Å². The van der Waals surface area contributed by atoms with E-state index in [9.17, 15) is 4.79 Å². The Morgan fingerprint density at radius 1 is 1.29 bits per heavy atom. The van der Waals surface area contributed by atoms with Crippen LogP contribution in [-0.4, -0.2) is 17.5 Å². The molecule has 2 heteroatoms. The SMILES string of the molecule is CC1(C)OC1CC12CCCCC1=CC(=O)CC2.